The molecule has 2 rings (SSSR count). The molecule has 1 fully saturated rings. The van der Waals surface area contributed by atoms with E-state index in [4.69, 9.17) is 32.8 Å². The molecule has 1 unspecified atom stereocenters. The number of aliphatic hydroxyl groups excluding tert-OH is 1. The lowest BCUT2D eigenvalue weighted by Crippen LogP contribution is -2.44. The Hall–Kier alpha value is -2.00. The molecule has 11 heteroatoms. The number of carbonyl (C=O) groups is 1. The number of aliphatic hydroxyl groups is 1. The lowest BCUT2D eigenvalue weighted by Gasteiger charge is -2.39. The summed E-state index contributed by atoms with van der Waals surface area (Å²) < 4.78 is 41.1. The number of ether oxygens (including phenoxy) is 6. The monoisotopic (exact) mass is 694 g/mol. The van der Waals surface area contributed by atoms with Crippen LogP contribution >= 0.6 is 0 Å². The normalized spacial score (nSPS) is 20.8. The molecule has 0 amide bonds. The second-order valence-corrected chi connectivity index (χ2v) is 26.1. The highest BCUT2D eigenvalue weighted by molar-refractivity contribution is 6.76. The first-order valence-electron chi connectivity index (χ1n) is 16.7. The van der Waals surface area contributed by atoms with E-state index in [0.717, 1.165) is 6.04 Å². The number of carbonyl (C=O) groups excluding carboxylic acids is 1. The van der Waals surface area contributed by atoms with E-state index in [-0.39, 0.29) is 23.9 Å². The van der Waals surface area contributed by atoms with Crippen LogP contribution in [0, 0.1) is 5.92 Å². The van der Waals surface area contributed by atoms with E-state index in [9.17, 15) is 9.90 Å². The van der Waals surface area contributed by atoms with Crippen molar-refractivity contribution in [2.24, 2.45) is 5.92 Å². The molecule has 1 saturated heterocycles. The molecule has 47 heavy (non-hydrogen) atoms. The summed E-state index contributed by atoms with van der Waals surface area (Å²) in [5.74, 6) is -0.415. The first-order chi connectivity index (χ1) is 21.6. The van der Waals surface area contributed by atoms with Gasteiger partial charge in [0.2, 0.25) is 0 Å². The molecule has 5 atom stereocenters. The standard InChI is InChI=1S/C36H62O9Si2/c1-25(26(2)45-47(13,14)35(3,4)5)18-19-29(37)33-30(43-36(6,7)44-33)17-15-16-27-22-28(40-9)23-31(42-24-39-8)32(27)34(38)41-20-21-46(10,11)12/h15-16,18-19,22-23,25-26,29-30,33,37H,17,20-21,24H2,1-14H3/t25-,26+,29?,30-,33+/m0/s1. The van der Waals surface area contributed by atoms with E-state index in [0.29, 0.717) is 35.7 Å². The van der Waals surface area contributed by atoms with Crippen LogP contribution in [0.15, 0.2) is 30.4 Å². The van der Waals surface area contributed by atoms with Crippen molar-refractivity contribution in [1.82, 2.24) is 0 Å². The number of rotatable bonds is 17. The van der Waals surface area contributed by atoms with Crippen LogP contribution in [0.3, 0.4) is 0 Å². The van der Waals surface area contributed by atoms with Crippen molar-refractivity contribution in [1.29, 1.82) is 0 Å². The van der Waals surface area contributed by atoms with Crippen LogP contribution < -0.4 is 9.47 Å². The molecule has 0 spiro atoms. The summed E-state index contributed by atoms with van der Waals surface area (Å²) in [4.78, 5) is 13.4. The Morgan fingerprint density at radius 3 is 2.30 bits per heavy atom. The van der Waals surface area contributed by atoms with E-state index < -0.39 is 46.5 Å². The highest BCUT2D eigenvalue weighted by Crippen LogP contribution is 2.38. The molecule has 1 aliphatic heterocycles. The Bertz CT molecular complexity index is 1210. The third kappa shape index (κ3) is 12.8. The Morgan fingerprint density at radius 1 is 1.06 bits per heavy atom. The maximum Gasteiger partial charge on any atom is 0.342 e. The third-order valence-electron chi connectivity index (χ3n) is 8.83. The van der Waals surface area contributed by atoms with Gasteiger partial charge in [-0.2, -0.15) is 0 Å². The molecule has 1 aromatic rings. The van der Waals surface area contributed by atoms with E-state index in [2.05, 4.69) is 67.4 Å². The Kier molecular flexibility index (Phi) is 15.0. The maximum atomic E-state index is 13.4. The zero-order valence-corrected chi connectivity index (χ0v) is 33.4. The molecular weight excluding hydrogens is 633 g/mol. The molecular formula is C36H62O9Si2. The zero-order chi connectivity index (χ0) is 35.8. The SMILES string of the molecule is COCOc1cc(OC)cc(C=CC[C@@H]2OC(C)(C)O[C@@H]2C(O)C=C[C@H](C)[C@@H](C)O[Si](C)(C)C(C)(C)C)c1C(=O)OCC[Si](C)(C)C. The fourth-order valence-electron chi connectivity index (χ4n) is 4.80. The van der Waals surface area contributed by atoms with Gasteiger partial charge < -0.3 is 38.0 Å². The molecule has 1 N–H and O–H groups in total. The van der Waals surface area contributed by atoms with Gasteiger partial charge in [-0.15, -0.1) is 0 Å². The van der Waals surface area contributed by atoms with Crippen LogP contribution in [0.2, 0.25) is 43.8 Å². The van der Waals surface area contributed by atoms with Crippen molar-refractivity contribution < 1.29 is 42.7 Å². The highest BCUT2D eigenvalue weighted by Gasteiger charge is 2.44. The predicted octanol–water partition coefficient (Wildman–Crippen LogP) is 8.06. The Balaban J connectivity index is 2.27. The summed E-state index contributed by atoms with van der Waals surface area (Å²) in [7, 11) is -0.258. The van der Waals surface area contributed by atoms with Crippen molar-refractivity contribution in [3.63, 3.8) is 0 Å². The minimum Gasteiger partial charge on any atom is -0.497 e. The molecule has 1 heterocycles. The molecule has 268 valence electrons. The smallest absolute Gasteiger partial charge is 0.342 e. The topological polar surface area (TPSA) is 102 Å². The Morgan fingerprint density at radius 2 is 1.72 bits per heavy atom. The number of hydrogen-bond acceptors (Lipinski definition) is 9. The van der Waals surface area contributed by atoms with Crippen LogP contribution in [-0.2, 0) is 23.4 Å². The van der Waals surface area contributed by atoms with Crippen molar-refractivity contribution in [2.45, 2.75) is 129 Å². The fourth-order valence-corrected chi connectivity index (χ4v) is 7.02. The van der Waals surface area contributed by atoms with Crippen LogP contribution in [-0.4, -0.2) is 85.3 Å². The zero-order valence-electron chi connectivity index (χ0n) is 31.4. The van der Waals surface area contributed by atoms with Gasteiger partial charge >= 0.3 is 5.97 Å². The average molecular weight is 695 g/mol. The second kappa shape index (κ2) is 17.1. The number of hydrogen-bond donors (Lipinski definition) is 1. The predicted molar refractivity (Wildman–Crippen MR) is 193 cm³/mol. The van der Waals surface area contributed by atoms with Gasteiger partial charge in [0.05, 0.1) is 19.8 Å². The Labute approximate surface area is 286 Å². The van der Waals surface area contributed by atoms with Gasteiger partial charge in [-0.1, -0.05) is 71.6 Å². The van der Waals surface area contributed by atoms with Gasteiger partial charge in [0, 0.05) is 27.4 Å². The fraction of sp³-hybridized carbons (Fsp3) is 0.694. The maximum absolute atomic E-state index is 13.4. The number of benzene rings is 1. The van der Waals surface area contributed by atoms with Gasteiger partial charge in [0.15, 0.2) is 20.9 Å². The van der Waals surface area contributed by atoms with Crippen LogP contribution in [0.25, 0.3) is 6.08 Å². The van der Waals surface area contributed by atoms with E-state index in [1.54, 1.807) is 25.3 Å². The van der Waals surface area contributed by atoms with Crippen LogP contribution in [0.1, 0.15) is 70.8 Å². The quantitative estimate of drug-likeness (QED) is 0.0751. The molecule has 0 radical (unpaired) electrons. The van der Waals surface area contributed by atoms with Crippen LogP contribution in [0.4, 0.5) is 0 Å². The van der Waals surface area contributed by atoms with Gasteiger partial charge in [-0.25, -0.2) is 4.79 Å². The lowest BCUT2D eigenvalue weighted by molar-refractivity contribution is -0.152. The van der Waals surface area contributed by atoms with Gasteiger partial charge in [-0.3, -0.25) is 0 Å². The average Bonchev–Trinajstić information content (AvgIpc) is 3.26. The molecule has 1 aliphatic rings. The van der Waals surface area contributed by atoms with E-state index >= 15 is 0 Å². The second-order valence-electron chi connectivity index (χ2n) is 15.7. The van der Waals surface area contributed by atoms with Crippen molar-refractivity contribution in [3.05, 3.63) is 41.5 Å². The number of esters is 1. The molecule has 9 nitrogen and oxygen atoms in total. The minimum absolute atomic E-state index is 0.00677. The summed E-state index contributed by atoms with van der Waals surface area (Å²) in [6.07, 6.45) is 6.05. The van der Waals surface area contributed by atoms with E-state index in [1.807, 2.05) is 32.1 Å². The van der Waals surface area contributed by atoms with Gasteiger partial charge in [0.1, 0.15) is 29.3 Å². The molecule has 0 aromatic heterocycles. The lowest BCUT2D eigenvalue weighted by atomic mass is 10.00. The van der Waals surface area contributed by atoms with E-state index in [1.165, 1.54) is 7.11 Å². The third-order valence-corrected chi connectivity index (χ3v) is 15.1. The first kappa shape index (κ1) is 41.2. The highest BCUT2D eigenvalue weighted by atomic mass is 28.4. The minimum atomic E-state index is -1.93. The summed E-state index contributed by atoms with van der Waals surface area (Å²) >= 11 is 0. The first-order valence-corrected chi connectivity index (χ1v) is 23.3. The van der Waals surface area contributed by atoms with Gasteiger partial charge in [-0.05, 0) is 68.9 Å². The molecule has 1 aromatic carbocycles. The summed E-state index contributed by atoms with van der Waals surface area (Å²) in [5, 5.41) is 11.4. The largest absolute Gasteiger partial charge is 0.497 e. The van der Waals surface area contributed by atoms with Crippen LogP contribution in [0.5, 0.6) is 11.5 Å². The summed E-state index contributed by atoms with van der Waals surface area (Å²) in [6.45, 7) is 26.1. The summed E-state index contributed by atoms with van der Waals surface area (Å²) in [6, 6.07) is 4.27. The molecule has 0 bridgehead atoms. The molecule has 0 aliphatic carbocycles. The van der Waals surface area contributed by atoms with Crippen molar-refractivity contribution >= 4 is 28.4 Å². The van der Waals surface area contributed by atoms with Crippen molar-refractivity contribution in [3.8, 4) is 11.5 Å². The van der Waals surface area contributed by atoms with Gasteiger partial charge in [0.25, 0.3) is 0 Å². The molecule has 0 saturated carbocycles. The number of methoxy groups -OCH3 is 2. The summed E-state index contributed by atoms with van der Waals surface area (Å²) in [5.41, 5.74) is 0.870. The van der Waals surface area contributed by atoms with Crippen molar-refractivity contribution in [2.75, 3.05) is 27.6 Å².